The molecule has 1 atom stereocenters. The molecule has 0 bridgehead atoms. The van der Waals surface area contributed by atoms with Gasteiger partial charge in [-0.2, -0.15) is 0 Å². The first-order chi connectivity index (χ1) is 12.2. The minimum absolute atomic E-state index is 0.0252. The number of anilines is 1. The lowest BCUT2D eigenvalue weighted by Crippen LogP contribution is -2.56. The minimum atomic E-state index is -0.493. The third kappa shape index (κ3) is 4.18. The Hall–Kier alpha value is -2.08. The van der Waals surface area contributed by atoms with Crippen LogP contribution in [0.15, 0.2) is 24.3 Å². The molecular weight excluding hydrogens is 330 g/mol. The fourth-order valence-corrected chi connectivity index (χ4v) is 3.64. The highest BCUT2D eigenvalue weighted by Crippen LogP contribution is 2.27. The predicted octanol–water partition coefficient (Wildman–Crippen LogP) is 2.52. The molecule has 2 aliphatic heterocycles. The summed E-state index contributed by atoms with van der Waals surface area (Å²) < 4.78 is 5.48. The van der Waals surface area contributed by atoms with E-state index in [1.807, 2.05) is 50.8 Å². The van der Waals surface area contributed by atoms with Crippen LogP contribution in [-0.2, 0) is 16.0 Å². The Morgan fingerprint density at radius 3 is 2.58 bits per heavy atom. The minimum Gasteiger partial charge on any atom is -0.444 e. The fourth-order valence-electron chi connectivity index (χ4n) is 3.64. The van der Waals surface area contributed by atoms with Gasteiger partial charge in [0, 0.05) is 37.9 Å². The van der Waals surface area contributed by atoms with Crippen LogP contribution in [0.5, 0.6) is 0 Å². The van der Waals surface area contributed by atoms with E-state index in [4.69, 9.17) is 4.74 Å². The second kappa shape index (κ2) is 7.27. The van der Waals surface area contributed by atoms with Crippen molar-refractivity contribution in [3.8, 4) is 0 Å². The second-order valence-corrected chi connectivity index (χ2v) is 8.18. The van der Waals surface area contributed by atoms with Crippen LogP contribution in [-0.4, -0.2) is 66.2 Å². The molecule has 6 nitrogen and oxygen atoms in total. The average molecular weight is 359 g/mol. The zero-order valence-corrected chi connectivity index (χ0v) is 16.2. The number of para-hydroxylation sites is 1. The van der Waals surface area contributed by atoms with E-state index in [1.54, 1.807) is 4.90 Å². The van der Waals surface area contributed by atoms with Crippen molar-refractivity contribution in [1.29, 1.82) is 0 Å². The molecule has 2 aliphatic rings. The maximum Gasteiger partial charge on any atom is 0.410 e. The Kier molecular flexibility index (Phi) is 5.23. The van der Waals surface area contributed by atoms with Crippen LogP contribution in [0.2, 0.25) is 0 Å². The predicted molar refractivity (Wildman–Crippen MR) is 101 cm³/mol. The monoisotopic (exact) mass is 359 g/mol. The number of benzene rings is 1. The summed E-state index contributed by atoms with van der Waals surface area (Å²) in [5, 5.41) is 0. The first-order valence-corrected chi connectivity index (χ1v) is 9.35. The Bertz CT molecular complexity index is 683. The lowest BCUT2D eigenvalue weighted by Gasteiger charge is -2.40. The van der Waals surface area contributed by atoms with Gasteiger partial charge >= 0.3 is 6.09 Å². The lowest BCUT2D eigenvalue weighted by molar-refractivity contribution is -0.120. The van der Waals surface area contributed by atoms with Gasteiger partial charge in [0.25, 0.3) is 0 Å². The first-order valence-electron chi connectivity index (χ1n) is 9.35. The van der Waals surface area contributed by atoms with Crippen molar-refractivity contribution in [3.63, 3.8) is 0 Å². The average Bonchev–Trinajstić information content (AvgIpc) is 2.97. The SMILES string of the molecule is CC1CN(CC(=O)N2CCc3ccccc32)CCN1C(=O)OC(C)(C)C. The van der Waals surface area contributed by atoms with Crippen LogP contribution in [0, 0.1) is 0 Å². The summed E-state index contributed by atoms with van der Waals surface area (Å²) in [7, 11) is 0. The number of nitrogens with zero attached hydrogens (tertiary/aromatic N) is 3. The third-order valence-corrected chi connectivity index (χ3v) is 4.89. The summed E-state index contributed by atoms with van der Waals surface area (Å²) >= 11 is 0. The number of piperazine rings is 1. The number of carbonyl (C=O) groups excluding carboxylic acids is 2. The van der Waals surface area contributed by atoms with Gasteiger partial charge in [0.15, 0.2) is 0 Å². The van der Waals surface area contributed by atoms with Gasteiger partial charge in [-0.25, -0.2) is 4.79 Å². The topological polar surface area (TPSA) is 53.1 Å². The molecule has 142 valence electrons. The number of rotatable bonds is 2. The first kappa shape index (κ1) is 18.7. The number of fused-ring (bicyclic) bond motifs is 1. The molecule has 0 aromatic heterocycles. The summed E-state index contributed by atoms with van der Waals surface area (Å²) in [6, 6.07) is 8.13. The molecule has 1 unspecified atom stereocenters. The van der Waals surface area contributed by atoms with Crippen molar-refractivity contribution in [1.82, 2.24) is 9.80 Å². The molecule has 0 N–H and O–H groups in total. The molecule has 6 heteroatoms. The van der Waals surface area contributed by atoms with Crippen LogP contribution in [0.25, 0.3) is 0 Å². The van der Waals surface area contributed by atoms with E-state index in [0.29, 0.717) is 26.2 Å². The molecule has 0 radical (unpaired) electrons. The summed E-state index contributed by atoms with van der Waals surface area (Å²) in [5.74, 6) is 0.132. The Morgan fingerprint density at radius 2 is 1.88 bits per heavy atom. The zero-order chi connectivity index (χ0) is 18.9. The number of hydrogen-bond donors (Lipinski definition) is 0. The van der Waals surface area contributed by atoms with Gasteiger partial charge in [0.1, 0.15) is 5.60 Å². The van der Waals surface area contributed by atoms with Crippen LogP contribution in [0.3, 0.4) is 0 Å². The van der Waals surface area contributed by atoms with Crippen molar-refractivity contribution >= 4 is 17.7 Å². The van der Waals surface area contributed by atoms with E-state index in [1.165, 1.54) is 5.56 Å². The largest absolute Gasteiger partial charge is 0.444 e. The molecule has 0 spiro atoms. The number of hydrogen-bond acceptors (Lipinski definition) is 4. The van der Waals surface area contributed by atoms with Gasteiger partial charge in [0.05, 0.1) is 6.54 Å². The highest BCUT2D eigenvalue weighted by Gasteiger charge is 2.32. The van der Waals surface area contributed by atoms with Crippen LogP contribution in [0.4, 0.5) is 10.5 Å². The van der Waals surface area contributed by atoms with Gasteiger partial charge in [-0.15, -0.1) is 0 Å². The van der Waals surface area contributed by atoms with Crippen LogP contribution in [0.1, 0.15) is 33.3 Å². The molecule has 1 saturated heterocycles. The van der Waals surface area contributed by atoms with Gasteiger partial charge in [-0.3, -0.25) is 9.69 Å². The quantitative estimate of drug-likeness (QED) is 0.814. The highest BCUT2D eigenvalue weighted by molar-refractivity contribution is 5.96. The third-order valence-electron chi connectivity index (χ3n) is 4.89. The van der Waals surface area contributed by atoms with Crippen molar-refractivity contribution in [2.24, 2.45) is 0 Å². The molecule has 2 amide bonds. The summed E-state index contributed by atoms with van der Waals surface area (Å²) in [6.45, 7) is 10.7. The maximum absolute atomic E-state index is 12.8. The summed E-state index contributed by atoms with van der Waals surface area (Å²) in [4.78, 5) is 30.9. The van der Waals surface area contributed by atoms with Gasteiger partial charge in [0.2, 0.25) is 5.91 Å². The standard InChI is InChI=1S/C20H29N3O3/c1-15-13-21(11-12-22(15)19(25)26-20(2,3)4)14-18(24)23-10-9-16-7-5-6-8-17(16)23/h5-8,15H,9-14H2,1-4H3. The fraction of sp³-hybridized carbons (Fsp3) is 0.600. The number of carbonyl (C=O) groups is 2. The lowest BCUT2D eigenvalue weighted by atomic mass is 10.2. The Balaban J connectivity index is 1.55. The number of ether oxygens (including phenoxy) is 1. The maximum atomic E-state index is 12.8. The Labute approximate surface area is 155 Å². The van der Waals surface area contributed by atoms with E-state index in [2.05, 4.69) is 11.0 Å². The second-order valence-electron chi connectivity index (χ2n) is 8.18. The molecule has 26 heavy (non-hydrogen) atoms. The molecule has 1 aromatic carbocycles. The van der Waals surface area contributed by atoms with Gasteiger partial charge in [-0.05, 0) is 45.7 Å². The Morgan fingerprint density at radius 1 is 1.15 bits per heavy atom. The smallest absolute Gasteiger partial charge is 0.410 e. The molecule has 0 saturated carbocycles. The molecule has 1 aromatic rings. The molecule has 2 heterocycles. The van der Waals surface area contributed by atoms with E-state index >= 15 is 0 Å². The van der Waals surface area contributed by atoms with Crippen LogP contribution >= 0.6 is 0 Å². The molecular formula is C20H29N3O3. The molecule has 1 fully saturated rings. The van der Waals surface area contributed by atoms with E-state index < -0.39 is 5.60 Å². The normalized spacial score (nSPS) is 20.8. The van der Waals surface area contributed by atoms with E-state index in [-0.39, 0.29) is 18.0 Å². The van der Waals surface area contributed by atoms with Crippen molar-refractivity contribution in [2.75, 3.05) is 37.6 Å². The summed E-state index contributed by atoms with van der Waals surface area (Å²) in [6.07, 6.45) is 0.648. The summed E-state index contributed by atoms with van der Waals surface area (Å²) in [5.41, 5.74) is 1.79. The van der Waals surface area contributed by atoms with Gasteiger partial charge < -0.3 is 14.5 Å². The van der Waals surface area contributed by atoms with E-state index in [0.717, 1.165) is 18.7 Å². The van der Waals surface area contributed by atoms with Crippen molar-refractivity contribution in [3.05, 3.63) is 29.8 Å². The van der Waals surface area contributed by atoms with Gasteiger partial charge in [-0.1, -0.05) is 18.2 Å². The van der Waals surface area contributed by atoms with Crippen LogP contribution < -0.4 is 4.90 Å². The highest BCUT2D eigenvalue weighted by atomic mass is 16.6. The van der Waals surface area contributed by atoms with Crippen molar-refractivity contribution in [2.45, 2.75) is 45.8 Å². The number of amides is 2. The van der Waals surface area contributed by atoms with Crippen molar-refractivity contribution < 1.29 is 14.3 Å². The zero-order valence-electron chi connectivity index (χ0n) is 16.2. The van der Waals surface area contributed by atoms with E-state index in [9.17, 15) is 9.59 Å². The molecule has 0 aliphatic carbocycles. The molecule has 3 rings (SSSR count).